The van der Waals surface area contributed by atoms with Gasteiger partial charge in [0.15, 0.2) is 11.5 Å². The number of primary amides is 1. The summed E-state index contributed by atoms with van der Waals surface area (Å²) in [6.45, 7) is 5.93. The minimum atomic E-state index is -0.746. The van der Waals surface area contributed by atoms with E-state index in [1.807, 2.05) is 0 Å². The number of rotatable bonds is 6. The molecule has 0 unspecified atom stereocenters. The highest BCUT2D eigenvalue weighted by molar-refractivity contribution is 6.04. The predicted molar refractivity (Wildman–Crippen MR) is 127 cm³/mol. The van der Waals surface area contributed by atoms with Crippen molar-refractivity contribution >= 4 is 23.5 Å². The van der Waals surface area contributed by atoms with Crippen LogP contribution in [-0.4, -0.2) is 43.8 Å². The van der Waals surface area contributed by atoms with Gasteiger partial charge in [-0.3, -0.25) is 14.4 Å². The number of pyridine rings is 1. The maximum absolute atomic E-state index is 12.6. The Morgan fingerprint density at radius 1 is 1.15 bits per heavy atom. The van der Waals surface area contributed by atoms with Crippen LogP contribution in [0.5, 0.6) is 0 Å². The molecule has 1 saturated heterocycles. The first-order chi connectivity index (χ1) is 16.3. The number of nitrogens with one attached hydrogen (secondary N) is 1. The van der Waals surface area contributed by atoms with Crippen LogP contribution in [0.3, 0.4) is 0 Å². The van der Waals surface area contributed by atoms with Gasteiger partial charge < -0.3 is 21.8 Å². The molecule has 1 aromatic carbocycles. The van der Waals surface area contributed by atoms with Crippen molar-refractivity contribution in [3.8, 4) is 11.3 Å². The summed E-state index contributed by atoms with van der Waals surface area (Å²) >= 11 is 0. The van der Waals surface area contributed by atoms with Crippen molar-refractivity contribution in [2.24, 2.45) is 5.73 Å². The molecular weight excluding hydrogens is 434 g/mol. The van der Waals surface area contributed by atoms with E-state index in [0.717, 1.165) is 11.1 Å². The first kappa shape index (κ1) is 22.7. The number of amides is 3. The third-order valence-electron chi connectivity index (χ3n) is 5.68. The number of likely N-dealkylation sites (tertiary alicyclic amines) is 1. The Morgan fingerprint density at radius 3 is 2.50 bits per heavy atom. The van der Waals surface area contributed by atoms with Gasteiger partial charge in [0.25, 0.3) is 11.8 Å². The van der Waals surface area contributed by atoms with E-state index in [0.29, 0.717) is 41.3 Å². The van der Waals surface area contributed by atoms with E-state index in [9.17, 15) is 14.4 Å². The Kier molecular flexibility index (Phi) is 6.13. The molecule has 4 rings (SSSR count). The third-order valence-corrected chi connectivity index (χ3v) is 5.68. The zero-order valence-corrected chi connectivity index (χ0v) is 18.7. The molecule has 1 aliphatic heterocycles. The molecule has 5 N–H and O–H groups in total. The maximum Gasteiger partial charge on any atom is 0.269 e. The van der Waals surface area contributed by atoms with E-state index in [-0.39, 0.29) is 23.2 Å². The zero-order valence-electron chi connectivity index (χ0n) is 18.7. The molecule has 3 heterocycles. The van der Waals surface area contributed by atoms with Gasteiger partial charge in [0, 0.05) is 29.4 Å². The van der Waals surface area contributed by atoms with Gasteiger partial charge in [-0.1, -0.05) is 24.8 Å². The van der Waals surface area contributed by atoms with Crippen molar-refractivity contribution in [3.63, 3.8) is 0 Å². The highest BCUT2D eigenvalue weighted by Gasteiger charge is 2.35. The van der Waals surface area contributed by atoms with Gasteiger partial charge in [0.05, 0.1) is 6.04 Å². The van der Waals surface area contributed by atoms with E-state index in [2.05, 4.69) is 21.9 Å². The molecule has 34 heavy (non-hydrogen) atoms. The summed E-state index contributed by atoms with van der Waals surface area (Å²) in [5.41, 5.74) is 7.31. The monoisotopic (exact) mass is 459 g/mol. The average Bonchev–Trinajstić information content (AvgIpc) is 3.43. The molecule has 0 spiro atoms. The molecule has 0 saturated carbocycles. The summed E-state index contributed by atoms with van der Waals surface area (Å²) in [6.07, 6.45) is 3.01. The van der Waals surface area contributed by atoms with Crippen LogP contribution < -0.4 is 16.9 Å². The topological polar surface area (TPSA) is 149 Å². The van der Waals surface area contributed by atoms with E-state index in [1.165, 1.54) is 0 Å². The van der Waals surface area contributed by atoms with Crippen LogP contribution in [0.1, 0.15) is 52.5 Å². The quantitative estimate of drug-likeness (QED) is 0.380. The van der Waals surface area contributed by atoms with Crippen LogP contribution in [0.2, 0.25) is 0 Å². The summed E-state index contributed by atoms with van der Waals surface area (Å²) < 4.78 is 1.16. The number of hydrogen-bond donors (Lipinski definition) is 3. The highest BCUT2D eigenvalue weighted by atomic mass is 16.2. The average molecular weight is 460 g/mol. The molecular formula is C24H25N7O3. The van der Waals surface area contributed by atoms with Gasteiger partial charge in [0.1, 0.15) is 11.5 Å². The second kappa shape index (κ2) is 9.18. The molecule has 3 amide bonds. The Balaban J connectivity index is 1.65. The predicted octanol–water partition coefficient (Wildman–Crippen LogP) is 2.25. The smallest absolute Gasteiger partial charge is 0.269 e. The van der Waals surface area contributed by atoms with Gasteiger partial charge in [-0.05, 0) is 44.0 Å². The number of carbonyl (C=O) groups excluding carboxylic acids is 3. The fraction of sp³-hybridized carbons (Fsp3) is 0.208. The lowest BCUT2D eigenvalue weighted by molar-refractivity contribution is -0.128. The van der Waals surface area contributed by atoms with Gasteiger partial charge >= 0.3 is 0 Å². The van der Waals surface area contributed by atoms with Crippen molar-refractivity contribution in [3.05, 3.63) is 77.9 Å². The molecule has 1 atom stereocenters. The minimum absolute atomic E-state index is 0.0234. The second-order valence-electron chi connectivity index (χ2n) is 8.08. The van der Waals surface area contributed by atoms with Crippen LogP contribution >= 0.6 is 0 Å². The number of nitrogen functional groups attached to an aromatic ring is 1. The molecule has 174 valence electrons. The number of benzene rings is 1. The first-order valence-electron chi connectivity index (χ1n) is 10.7. The van der Waals surface area contributed by atoms with Crippen LogP contribution in [0, 0.1) is 0 Å². The minimum Gasteiger partial charge on any atom is -0.364 e. The van der Waals surface area contributed by atoms with Gasteiger partial charge in [-0.25, -0.2) is 14.6 Å². The molecule has 1 aliphatic rings. The summed E-state index contributed by atoms with van der Waals surface area (Å²) in [4.78, 5) is 47.7. The van der Waals surface area contributed by atoms with E-state index in [4.69, 9.17) is 11.6 Å². The first-order valence-corrected chi connectivity index (χ1v) is 10.7. The lowest BCUT2D eigenvalue weighted by Gasteiger charge is -2.24. The number of imidazole rings is 1. The number of nitrogens with zero attached hydrogens (tertiary/aromatic N) is 4. The molecule has 1 fully saturated rings. The van der Waals surface area contributed by atoms with Gasteiger partial charge in [-0.2, -0.15) is 0 Å². The van der Waals surface area contributed by atoms with E-state index < -0.39 is 11.9 Å². The lowest BCUT2D eigenvalue weighted by Crippen LogP contribution is -2.34. The fourth-order valence-corrected chi connectivity index (χ4v) is 4.05. The van der Waals surface area contributed by atoms with Crippen molar-refractivity contribution in [1.82, 2.24) is 19.5 Å². The summed E-state index contributed by atoms with van der Waals surface area (Å²) in [6, 6.07) is 11.4. The Labute approximate surface area is 196 Å². The van der Waals surface area contributed by atoms with Crippen LogP contribution in [0.25, 0.3) is 11.3 Å². The standard InChI is InChI=1S/C24H25N7O3/c1-14(2)24(34)30-13-5-6-17(30)22-29-19(20(21(25)32)31(22)26)15-8-10-16(11-9-15)23(33)28-18-7-3-4-12-27-18/h3-4,7-12,17H,1,5-6,13,26H2,2H3,(H2,25,32)(H,27,28,33)/t17-/m0/s1. The summed E-state index contributed by atoms with van der Waals surface area (Å²) in [7, 11) is 0. The fourth-order valence-electron chi connectivity index (χ4n) is 4.05. The van der Waals surface area contributed by atoms with Crippen molar-refractivity contribution in [1.29, 1.82) is 0 Å². The second-order valence-corrected chi connectivity index (χ2v) is 8.08. The molecule has 2 aromatic heterocycles. The SMILES string of the molecule is C=C(C)C(=O)N1CCC[C@H]1c1nc(-c2ccc(C(=O)Nc3ccccn3)cc2)c(C(N)=O)n1N. The van der Waals surface area contributed by atoms with Crippen molar-refractivity contribution in [2.45, 2.75) is 25.8 Å². The lowest BCUT2D eigenvalue weighted by atomic mass is 10.1. The molecule has 10 heteroatoms. The van der Waals surface area contributed by atoms with E-state index >= 15 is 0 Å². The molecule has 0 radical (unpaired) electrons. The number of hydrogen-bond acceptors (Lipinski definition) is 6. The Hall–Kier alpha value is -4.47. The van der Waals surface area contributed by atoms with Crippen LogP contribution in [0.4, 0.5) is 5.82 Å². The number of nitrogens with two attached hydrogens (primary N) is 2. The molecule has 0 bridgehead atoms. The Morgan fingerprint density at radius 2 is 1.88 bits per heavy atom. The number of aromatic nitrogens is 3. The third kappa shape index (κ3) is 4.25. The van der Waals surface area contributed by atoms with Crippen molar-refractivity contribution in [2.75, 3.05) is 17.7 Å². The number of carbonyl (C=O) groups is 3. The largest absolute Gasteiger partial charge is 0.364 e. The van der Waals surface area contributed by atoms with Crippen LogP contribution in [0.15, 0.2) is 60.8 Å². The maximum atomic E-state index is 12.6. The zero-order chi connectivity index (χ0) is 24.4. The van der Waals surface area contributed by atoms with Gasteiger partial charge in [-0.15, -0.1) is 0 Å². The number of anilines is 1. The molecule has 0 aliphatic carbocycles. The van der Waals surface area contributed by atoms with E-state index in [1.54, 1.807) is 60.5 Å². The van der Waals surface area contributed by atoms with Crippen LogP contribution in [-0.2, 0) is 4.79 Å². The van der Waals surface area contributed by atoms with Gasteiger partial charge in [0.2, 0.25) is 5.91 Å². The van der Waals surface area contributed by atoms with Crippen molar-refractivity contribution < 1.29 is 14.4 Å². The molecule has 3 aromatic rings. The molecule has 10 nitrogen and oxygen atoms in total. The highest BCUT2D eigenvalue weighted by Crippen LogP contribution is 2.34. The summed E-state index contributed by atoms with van der Waals surface area (Å²) in [5, 5.41) is 2.71. The Bertz CT molecular complexity index is 1270. The normalized spacial score (nSPS) is 15.2. The summed E-state index contributed by atoms with van der Waals surface area (Å²) in [5.74, 6) is 5.79.